The topological polar surface area (TPSA) is 24.9 Å². The monoisotopic (exact) mass is 358 g/mol. The molecule has 0 spiro atoms. The number of aromatic nitrogens is 1. The maximum atomic E-state index is 4.57. The molecule has 0 amide bonds. The molecule has 0 bridgehead atoms. The Labute approximate surface area is 136 Å². The van der Waals surface area contributed by atoms with Crippen molar-refractivity contribution < 1.29 is 0 Å². The van der Waals surface area contributed by atoms with Crippen molar-refractivity contribution >= 4 is 43.9 Å². The third-order valence-corrected chi connectivity index (χ3v) is 5.80. The van der Waals surface area contributed by atoms with Gasteiger partial charge in [0.25, 0.3) is 0 Å². The Morgan fingerprint density at radius 3 is 3.10 bits per heavy atom. The molecule has 4 heteroatoms. The molecule has 1 aromatic carbocycles. The van der Waals surface area contributed by atoms with Crippen molar-refractivity contribution in [2.24, 2.45) is 0 Å². The molecule has 1 N–H and O–H groups in total. The van der Waals surface area contributed by atoms with Crippen molar-refractivity contribution in [3.05, 3.63) is 56.8 Å². The molecular formula is C17H15BrN2S. The third-order valence-electron chi connectivity index (χ3n) is 4.12. The summed E-state index contributed by atoms with van der Waals surface area (Å²) in [4.78, 5) is 6.10. The fraction of sp³-hybridized carbons (Fsp3) is 0.235. The van der Waals surface area contributed by atoms with E-state index in [-0.39, 0.29) is 0 Å². The molecule has 0 fully saturated rings. The largest absolute Gasteiger partial charge is 0.363 e. The number of hydrogen-bond acceptors (Lipinski definition) is 3. The molecule has 1 unspecified atom stereocenters. The summed E-state index contributed by atoms with van der Waals surface area (Å²) in [6.45, 7) is 0. The van der Waals surface area contributed by atoms with Crippen LogP contribution in [0.1, 0.15) is 29.3 Å². The van der Waals surface area contributed by atoms with E-state index in [1.807, 2.05) is 17.5 Å². The van der Waals surface area contributed by atoms with E-state index in [1.165, 1.54) is 40.5 Å². The number of nitrogens with one attached hydrogen (secondary N) is 1. The van der Waals surface area contributed by atoms with Crippen LogP contribution in [-0.2, 0) is 6.42 Å². The summed E-state index contributed by atoms with van der Waals surface area (Å²) in [6, 6.07) is 11.0. The van der Waals surface area contributed by atoms with Gasteiger partial charge >= 0.3 is 0 Å². The molecule has 0 saturated heterocycles. The van der Waals surface area contributed by atoms with Crippen LogP contribution >= 0.6 is 27.3 Å². The highest BCUT2D eigenvalue weighted by Crippen LogP contribution is 2.37. The predicted molar refractivity (Wildman–Crippen MR) is 93.1 cm³/mol. The van der Waals surface area contributed by atoms with Crippen molar-refractivity contribution in [3.63, 3.8) is 0 Å². The Kier molecular flexibility index (Phi) is 3.43. The normalized spacial score (nSPS) is 17.7. The van der Waals surface area contributed by atoms with Crippen LogP contribution in [0, 0.1) is 0 Å². The van der Waals surface area contributed by atoms with E-state index in [0.717, 1.165) is 10.3 Å². The molecule has 1 aliphatic carbocycles. The zero-order chi connectivity index (χ0) is 14.2. The highest BCUT2D eigenvalue weighted by atomic mass is 79.9. The number of thiophene rings is 1. The smallest absolute Gasteiger partial charge is 0.134 e. The molecule has 0 radical (unpaired) electrons. The zero-order valence-corrected chi connectivity index (χ0v) is 13.9. The summed E-state index contributed by atoms with van der Waals surface area (Å²) < 4.78 is 1.12. The van der Waals surface area contributed by atoms with Gasteiger partial charge in [-0.15, -0.1) is 11.3 Å². The average Bonchev–Trinajstić information content (AvgIpc) is 2.98. The quantitative estimate of drug-likeness (QED) is 0.649. The first-order chi connectivity index (χ1) is 10.3. The van der Waals surface area contributed by atoms with Crippen LogP contribution < -0.4 is 5.32 Å². The molecule has 2 heterocycles. The highest BCUT2D eigenvalue weighted by Gasteiger charge is 2.21. The van der Waals surface area contributed by atoms with Crippen molar-refractivity contribution in [1.29, 1.82) is 0 Å². The average molecular weight is 359 g/mol. The zero-order valence-electron chi connectivity index (χ0n) is 11.5. The standard InChI is InChI=1S/C17H15BrN2S/c18-14-4-1-3-12-11(14)7-9-19-17(12)20-15-5-2-6-16-13(15)8-10-21-16/h1,3-4,7-10,15H,2,5-6H2,(H,19,20). The summed E-state index contributed by atoms with van der Waals surface area (Å²) in [7, 11) is 0. The summed E-state index contributed by atoms with van der Waals surface area (Å²) in [5, 5.41) is 8.25. The number of benzene rings is 1. The molecule has 2 nitrogen and oxygen atoms in total. The Morgan fingerprint density at radius 2 is 2.14 bits per heavy atom. The number of anilines is 1. The maximum absolute atomic E-state index is 4.57. The molecule has 2 aromatic heterocycles. The number of nitrogens with zero attached hydrogens (tertiary/aromatic N) is 1. The van der Waals surface area contributed by atoms with E-state index in [4.69, 9.17) is 0 Å². The van der Waals surface area contributed by atoms with E-state index in [1.54, 1.807) is 0 Å². The van der Waals surface area contributed by atoms with Gasteiger partial charge in [0, 0.05) is 26.3 Å². The van der Waals surface area contributed by atoms with Crippen LogP contribution in [0.3, 0.4) is 0 Å². The number of hydrogen-bond donors (Lipinski definition) is 1. The second-order valence-electron chi connectivity index (χ2n) is 5.38. The second-order valence-corrected chi connectivity index (χ2v) is 7.24. The van der Waals surface area contributed by atoms with Crippen LogP contribution in [0.15, 0.2) is 46.4 Å². The van der Waals surface area contributed by atoms with Gasteiger partial charge in [-0.2, -0.15) is 0 Å². The lowest BCUT2D eigenvalue weighted by Crippen LogP contribution is -2.16. The molecular weight excluding hydrogens is 344 g/mol. The van der Waals surface area contributed by atoms with E-state index >= 15 is 0 Å². The summed E-state index contributed by atoms with van der Waals surface area (Å²) in [5.41, 5.74) is 1.46. The van der Waals surface area contributed by atoms with Crippen molar-refractivity contribution in [2.75, 3.05) is 5.32 Å². The van der Waals surface area contributed by atoms with Gasteiger partial charge in [-0.25, -0.2) is 4.98 Å². The molecule has 4 rings (SSSR count). The molecule has 21 heavy (non-hydrogen) atoms. The number of fused-ring (bicyclic) bond motifs is 2. The van der Waals surface area contributed by atoms with Gasteiger partial charge < -0.3 is 5.32 Å². The van der Waals surface area contributed by atoms with E-state index in [0.29, 0.717) is 6.04 Å². The minimum atomic E-state index is 0.386. The Morgan fingerprint density at radius 1 is 1.19 bits per heavy atom. The first kappa shape index (κ1) is 13.3. The SMILES string of the molecule is Brc1cccc2c(NC3CCCc4sccc43)nccc12. The Hall–Kier alpha value is -1.39. The fourth-order valence-electron chi connectivity index (χ4n) is 3.09. The maximum Gasteiger partial charge on any atom is 0.134 e. The Balaban J connectivity index is 1.75. The van der Waals surface area contributed by atoms with Crippen molar-refractivity contribution in [3.8, 4) is 0 Å². The van der Waals surface area contributed by atoms with Gasteiger partial charge in [0.2, 0.25) is 0 Å². The molecule has 0 aliphatic heterocycles. The summed E-state index contributed by atoms with van der Waals surface area (Å²) in [6.07, 6.45) is 5.53. The van der Waals surface area contributed by atoms with Crippen LogP contribution in [0.2, 0.25) is 0 Å². The van der Waals surface area contributed by atoms with Gasteiger partial charge in [-0.1, -0.05) is 28.1 Å². The lowest BCUT2D eigenvalue weighted by atomic mass is 9.94. The number of pyridine rings is 1. The van der Waals surface area contributed by atoms with Crippen LogP contribution in [0.25, 0.3) is 10.8 Å². The van der Waals surface area contributed by atoms with Gasteiger partial charge in [-0.3, -0.25) is 0 Å². The van der Waals surface area contributed by atoms with Gasteiger partial charge in [0.05, 0.1) is 6.04 Å². The molecule has 0 saturated carbocycles. The lowest BCUT2D eigenvalue weighted by molar-refractivity contribution is 0.607. The minimum Gasteiger partial charge on any atom is -0.363 e. The lowest BCUT2D eigenvalue weighted by Gasteiger charge is -2.24. The van der Waals surface area contributed by atoms with E-state index < -0.39 is 0 Å². The Bertz CT molecular complexity index is 796. The number of halogens is 1. The second kappa shape index (κ2) is 5.43. The predicted octanol–water partition coefficient (Wildman–Crippen LogP) is 5.55. The van der Waals surface area contributed by atoms with Gasteiger partial charge in [0.1, 0.15) is 5.82 Å². The van der Waals surface area contributed by atoms with Crippen LogP contribution in [0.5, 0.6) is 0 Å². The van der Waals surface area contributed by atoms with Gasteiger partial charge in [0.15, 0.2) is 0 Å². The van der Waals surface area contributed by atoms with Crippen molar-refractivity contribution in [1.82, 2.24) is 4.98 Å². The van der Waals surface area contributed by atoms with Crippen LogP contribution in [0.4, 0.5) is 5.82 Å². The molecule has 1 atom stereocenters. The van der Waals surface area contributed by atoms with E-state index in [9.17, 15) is 0 Å². The van der Waals surface area contributed by atoms with Crippen molar-refractivity contribution in [2.45, 2.75) is 25.3 Å². The molecule has 106 valence electrons. The number of aryl methyl sites for hydroxylation is 1. The number of rotatable bonds is 2. The third kappa shape index (κ3) is 2.36. The van der Waals surface area contributed by atoms with E-state index in [2.05, 4.69) is 61.9 Å². The summed E-state index contributed by atoms with van der Waals surface area (Å²) in [5.74, 6) is 0.984. The van der Waals surface area contributed by atoms with Gasteiger partial charge in [-0.05, 0) is 48.4 Å². The molecule has 1 aliphatic rings. The molecule has 3 aromatic rings. The first-order valence-electron chi connectivity index (χ1n) is 7.19. The summed E-state index contributed by atoms with van der Waals surface area (Å²) >= 11 is 5.50. The first-order valence-corrected chi connectivity index (χ1v) is 8.86. The fourth-order valence-corrected chi connectivity index (χ4v) is 4.57. The van der Waals surface area contributed by atoms with Crippen LogP contribution in [-0.4, -0.2) is 4.98 Å². The highest BCUT2D eigenvalue weighted by molar-refractivity contribution is 9.10. The minimum absolute atomic E-state index is 0.386.